The van der Waals surface area contributed by atoms with Gasteiger partial charge < -0.3 is 10.2 Å². The zero-order chi connectivity index (χ0) is 21.5. The molecule has 1 N–H and O–H groups in total. The largest absolute Gasteiger partial charge is 0.339 e. The molecule has 158 valence electrons. The number of piperidine rings is 1. The lowest BCUT2D eigenvalue weighted by Crippen LogP contribution is -2.43. The van der Waals surface area contributed by atoms with Gasteiger partial charge in [0.2, 0.25) is 0 Å². The Balaban J connectivity index is 1.52. The Kier molecular flexibility index (Phi) is 5.46. The number of nitrogens with one attached hydrogen (secondary N) is 1. The number of benzene rings is 2. The van der Waals surface area contributed by atoms with Crippen LogP contribution in [0.3, 0.4) is 0 Å². The summed E-state index contributed by atoms with van der Waals surface area (Å²) in [5.41, 5.74) is 1.36. The summed E-state index contributed by atoms with van der Waals surface area (Å²) < 4.78 is 26.6. The van der Waals surface area contributed by atoms with Crippen LogP contribution < -0.4 is 5.32 Å². The first-order chi connectivity index (χ1) is 14.3. The van der Waals surface area contributed by atoms with Crippen LogP contribution in [-0.4, -0.2) is 42.7 Å². The molecule has 2 aromatic rings. The fourth-order valence-electron chi connectivity index (χ4n) is 3.69. The van der Waals surface area contributed by atoms with Gasteiger partial charge in [0.15, 0.2) is 0 Å². The Morgan fingerprint density at radius 3 is 2.47 bits per heavy atom. The maximum absolute atomic E-state index is 12.9. The number of hydrogen-bond donors (Lipinski definition) is 1. The smallest absolute Gasteiger partial charge is 0.336 e. The van der Waals surface area contributed by atoms with Gasteiger partial charge in [0.25, 0.3) is 15.9 Å². The molecule has 0 spiro atoms. The van der Waals surface area contributed by atoms with Gasteiger partial charge in [-0.2, -0.15) is 0 Å². The van der Waals surface area contributed by atoms with E-state index < -0.39 is 16.1 Å². The zero-order valence-electron chi connectivity index (χ0n) is 16.5. The Labute approximate surface area is 180 Å². The molecule has 9 heteroatoms. The lowest BCUT2D eigenvalue weighted by atomic mass is 9.98. The first-order valence-electron chi connectivity index (χ1n) is 9.77. The molecule has 2 heterocycles. The number of rotatable bonds is 3. The molecule has 2 aliphatic rings. The summed E-state index contributed by atoms with van der Waals surface area (Å²) in [4.78, 5) is 26.9. The van der Waals surface area contributed by atoms with Gasteiger partial charge in [0, 0.05) is 23.7 Å². The van der Waals surface area contributed by atoms with Crippen LogP contribution in [0.1, 0.15) is 35.7 Å². The Bertz CT molecular complexity index is 1090. The van der Waals surface area contributed by atoms with E-state index in [0.29, 0.717) is 17.0 Å². The first-order valence-corrected chi connectivity index (χ1v) is 11.6. The monoisotopic (exact) mass is 447 g/mol. The number of urea groups is 1. The molecular weight excluding hydrogens is 426 g/mol. The van der Waals surface area contributed by atoms with Gasteiger partial charge >= 0.3 is 6.03 Å². The molecule has 0 atom stereocenters. The van der Waals surface area contributed by atoms with E-state index in [1.807, 2.05) is 4.90 Å². The van der Waals surface area contributed by atoms with Crippen LogP contribution in [0.15, 0.2) is 47.4 Å². The second-order valence-corrected chi connectivity index (χ2v) is 10.0. The van der Waals surface area contributed by atoms with Crippen LogP contribution in [0.5, 0.6) is 0 Å². The van der Waals surface area contributed by atoms with Crippen molar-refractivity contribution in [2.75, 3.05) is 18.4 Å². The molecule has 1 saturated heterocycles. The van der Waals surface area contributed by atoms with Gasteiger partial charge in [-0.05, 0) is 54.7 Å². The second-order valence-electron chi connectivity index (χ2n) is 7.75. The van der Waals surface area contributed by atoms with Crippen LogP contribution >= 0.6 is 11.6 Å². The summed E-state index contributed by atoms with van der Waals surface area (Å²) in [5, 5.41) is 2.84. The molecule has 0 radical (unpaired) electrons. The van der Waals surface area contributed by atoms with Crippen LogP contribution in [0.25, 0.3) is 0 Å². The second kappa shape index (κ2) is 7.92. The number of sulfonamides is 1. The zero-order valence-corrected chi connectivity index (χ0v) is 18.0. The Morgan fingerprint density at radius 1 is 1.13 bits per heavy atom. The Hall–Kier alpha value is -2.58. The van der Waals surface area contributed by atoms with Crippen molar-refractivity contribution in [3.8, 4) is 0 Å². The van der Waals surface area contributed by atoms with E-state index in [1.54, 1.807) is 24.3 Å². The number of anilines is 1. The molecule has 1 fully saturated rings. The molecule has 0 unspecified atom stereocenters. The third-order valence-electron chi connectivity index (χ3n) is 5.58. The number of amides is 3. The van der Waals surface area contributed by atoms with Crippen LogP contribution in [0, 0.1) is 5.92 Å². The fourth-order valence-corrected chi connectivity index (χ4v) is 5.42. The number of likely N-dealkylation sites (tertiary alicyclic amines) is 1. The molecule has 0 aliphatic carbocycles. The number of hydrogen-bond acceptors (Lipinski definition) is 4. The van der Waals surface area contributed by atoms with E-state index in [4.69, 9.17) is 11.6 Å². The maximum atomic E-state index is 12.9. The molecule has 2 aromatic carbocycles. The van der Waals surface area contributed by atoms with Gasteiger partial charge in [-0.25, -0.2) is 17.5 Å². The summed E-state index contributed by atoms with van der Waals surface area (Å²) in [5.74, 6) is 0.606. The average molecular weight is 448 g/mol. The summed E-state index contributed by atoms with van der Waals surface area (Å²) >= 11 is 5.94. The molecule has 30 heavy (non-hydrogen) atoms. The highest BCUT2D eigenvalue weighted by molar-refractivity contribution is 7.90. The number of carbonyl (C=O) groups excluding carboxylic acids is 2. The maximum Gasteiger partial charge on any atom is 0.336 e. The third-order valence-corrected chi connectivity index (χ3v) is 7.58. The van der Waals surface area contributed by atoms with Gasteiger partial charge in [0.1, 0.15) is 4.90 Å². The molecule has 7 nitrogen and oxygen atoms in total. The quantitative estimate of drug-likeness (QED) is 0.771. The first kappa shape index (κ1) is 20.7. The van der Waals surface area contributed by atoms with Crippen LogP contribution in [0.2, 0.25) is 5.02 Å². The minimum absolute atomic E-state index is 0.0274. The molecule has 0 aromatic heterocycles. The van der Waals surface area contributed by atoms with E-state index in [0.717, 1.165) is 30.2 Å². The number of carbonyl (C=O) groups is 2. The standard InChI is InChI=1S/C21H22ClN3O4S/c1-14-8-10-24(11-9-14)20(26)16-4-2-15(3-5-16)13-25-21(27)23-18-7-6-17(22)12-19(18)30(25,28)29/h2-7,12,14H,8-11,13H2,1H3,(H,23,27). The van der Waals surface area contributed by atoms with Gasteiger partial charge in [0.05, 0.1) is 12.2 Å². The number of halogens is 1. The lowest BCUT2D eigenvalue weighted by molar-refractivity contribution is 0.0697. The van der Waals surface area contributed by atoms with Gasteiger partial charge in [-0.3, -0.25) is 4.79 Å². The average Bonchev–Trinajstić information content (AvgIpc) is 2.72. The van der Waals surface area contributed by atoms with E-state index in [2.05, 4.69) is 12.2 Å². The molecule has 2 aliphatic heterocycles. The molecule has 3 amide bonds. The molecule has 0 saturated carbocycles. The number of fused-ring (bicyclic) bond motifs is 1. The minimum Gasteiger partial charge on any atom is -0.339 e. The highest BCUT2D eigenvalue weighted by Gasteiger charge is 2.36. The SMILES string of the molecule is CC1CCN(C(=O)c2ccc(CN3C(=O)Nc4ccc(Cl)cc4S3(=O)=O)cc2)CC1. The molecule has 0 bridgehead atoms. The van der Waals surface area contributed by atoms with Crippen molar-refractivity contribution in [2.45, 2.75) is 31.2 Å². The summed E-state index contributed by atoms with van der Waals surface area (Å²) in [6, 6.07) is 10.3. The van der Waals surface area contributed by atoms with Crippen molar-refractivity contribution in [3.63, 3.8) is 0 Å². The van der Waals surface area contributed by atoms with Crippen molar-refractivity contribution in [1.29, 1.82) is 0 Å². The number of nitrogens with zero attached hydrogens (tertiary/aromatic N) is 2. The van der Waals surface area contributed by atoms with Crippen LogP contribution in [-0.2, 0) is 16.6 Å². The van der Waals surface area contributed by atoms with Gasteiger partial charge in [-0.1, -0.05) is 30.7 Å². The van der Waals surface area contributed by atoms with Crippen molar-refractivity contribution < 1.29 is 18.0 Å². The normalized spacial score (nSPS) is 18.7. The lowest BCUT2D eigenvalue weighted by Gasteiger charge is -2.30. The predicted octanol–water partition coefficient (Wildman–Crippen LogP) is 3.95. The van der Waals surface area contributed by atoms with Crippen molar-refractivity contribution >= 4 is 39.2 Å². The van der Waals surface area contributed by atoms with Gasteiger partial charge in [-0.15, -0.1) is 0 Å². The molecule has 4 rings (SSSR count). The summed E-state index contributed by atoms with van der Waals surface area (Å²) in [6.07, 6.45) is 1.99. The van der Waals surface area contributed by atoms with Crippen molar-refractivity contribution in [3.05, 3.63) is 58.6 Å². The van der Waals surface area contributed by atoms with E-state index in [9.17, 15) is 18.0 Å². The van der Waals surface area contributed by atoms with Crippen molar-refractivity contribution in [2.24, 2.45) is 5.92 Å². The minimum atomic E-state index is -4.04. The summed E-state index contributed by atoms with van der Waals surface area (Å²) in [6.45, 7) is 3.54. The predicted molar refractivity (Wildman–Crippen MR) is 114 cm³/mol. The van der Waals surface area contributed by atoms with E-state index in [1.165, 1.54) is 18.2 Å². The Morgan fingerprint density at radius 2 is 1.80 bits per heavy atom. The summed E-state index contributed by atoms with van der Waals surface area (Å²) in [7, 11) is -4.04. The fraction of sp³-hybridized carbons (Fsp3) is 0.333. The highest BCUT2D eigenvalue weighted by Crippen LogP contribution is 2.33. The van der Waals surface area contributed by atoms with E-state index >= 15 is 0 Å². The van der Waals surface area contributed by atoms with Crippen LogP contribution in [0.4, 0.5) is 10.5 Å². The van der Waals surface area contributed by atoms with E-state index in [-0.39, 0.29) is 28.1 Å². The third kappa shape index (κ3) is 3.89. The topological polar surface area (TPSA) is 86.8 Å². The highest BCUT2D eigenvalue weighted by atomic mass is 35.5. The molecular formula is C21H22ClN3O4S. The van der Waals surface area contributed by atoms with Crippen molar-refractivity contribution in [1.82, 2.24) is 9.21 Å².